The molecule has 1 heterocycles. The minimum Gasteiger partial charge on any atom is -0.355 e. The number of nitrogens with zero attached hydrogens (tertiary/aromatic N) is 2. The fourth-order valence-corrected chi connectivity index (χ4v) is 4.83. The Morgan fingerprint density at radius 2 is 1.62 bits per heavy atom. The lowest BCUT2D eigenvalue weighted by Crippen LogP contribution is -2.51. The van der Waals surface area contributed by atoms with Gasteiger partial charge >= 0.3 is 0 Å². The highest BCUT2D eigenvalue weighted by Gasteiger charge is 2.30. The lowest BCUT2D eigenvalue weighted by Gasteiger charge is -2.33. The Morgan fingerprint density at radius 3 is 2.31 bits per heavy atom. The molecule has 1 N–H and O–H groups in total. The van der Waals surface area contributed by atoms with E-state index in [0.29, 0.717) is 19.6 Å². The van der Waals surface area contributed by atoms with Crippen LogP contribution in [0.4, 0.5) is 4.39 Å². The molecule has 0 bridgehead atoms. The third kappa shape index (κ3) is 5.85. The summed E-state index contributed by atoms with van der Waals surface area (Å²) in [6.45, 7) is 2.18. The van der Waals surface area contributed by atoms with Gasteiger partial charge in [-0.15, -0.1) is 0 Å². The Hall–Kier alpha value is -2.29. The van der Waals surface area contributed by atoms with Crippen LogP contribution in [0.2, 0.25) is 0 Å². The number of halogens is 1. The first kappa shape index (κ1) is 21.4. The molecule has 0 radical (unpaired) electrons. The molecule has 0 aromatic heterocycles. The first-order chi connectivity index (χ1) is 14.0. The SMILES string of the molecule is O=C(CN1CCN(S(=O)(=O)c2ccccc2F)CC1)NCCCc1ccccc1. The van der Waals surface area contributed by atoms with E-state index in [1.807, 2.05) is 23.1 Å². The number of carbonyl (C=O) groups excluding carboxylic acids is 1. The second-order valence-electron chi connectivity index (χ2n) is 7.05. The van der Waals surface area contributed by atoms with E-state index < -0.39 is 15.8 Å². The number of sulfonamides is 1. The Kier molecular flexibility index (Phi) is 7.35. The number of hydrogen-bond acceptors (Lipinski definition) is 4. The summed E-state index contributed by atoms with van der Waals surface area (Å²) in [6.07, 6.45) is 1.78. The first-order valence-electron chi connectivity index (χ1n) is 9.74. The molecule has 8 heteroatoms. The van der Waals surface area contributed by atoms with Gasteiger partial charge in [-0.25, -0.2) is 12.8 Å². The predicted molar refractivity (Wildman–Crippen MR) is 109 cm³/mol. The number of aryl methyl sites for hydroxylation is 1. The van der Waals surface area contributed by atoms with E-state index in [9.17, 15) is 17.6 Å². The minimum atomic E-state index is -3.86. The van der Waals surface area contributed by atoms with Crippen LogP contribution < -0.4 is 5.32 Å². The van der Waals surface area contributed by atoms with Crippen molar-refractivity contribution < 1.29 is 17.6 Å². The molecule has 156 valence electrons. The summed E-state index contributed by atoms with van der Waals surface area (Å²) < 4.78 is 40.4. The van der Waals surface area contributed by atoms with Crippen LogP contribution >= 0.6 is 0 Å². The van der Waals surface area contributed by atoms with Gasteiger partial charge in [0.1, 0.15) is 10.7 Å². The Bertz CT molecular complexity index is 914. The fraction of sp³-hybridized carbons (Fsp3) is 0.381. The van der Waals surface area contributed by atoms with Gasteiger partial charge in [-0.1, -0.05) is 42.5 Å². The largest absolute Gasteiger partial charge is 0.355 e. The number of piperazine rings is 1. The molecule has 2 aromatic rings. The molecular formula is C21H26FN3O3S. The van der Waals surface area contributed by atoms with E-state index in [2.05, 4.69) is 17.4 Å². The molecule has 2 aromatic carbocycles. The van der Waals surface area contributed by atoms with Crippen molar-refractivity contribution in [3.8, 4) is 0 Å². The number of rotatable bonds is 8. The molecule has 0 aliphatic carbocycles. The van der Waals surface area contributed by atoms with Gasteiger partial charge in [0.2, 0.25) is 15.9 Å². The average molecular weight is 420 g/mol. The summed E-state index contributed by atoms with van der Waals surface area (Å²) >= 11 is 0. The van der Waals surface area contributed by atoms with Gasteiger partial charge in [-0.2, -0.15) is 4.31 Å². The number of carbonyl (C=O) groups is 1. The Labute approximate surface area is 171 Å². The van der Waals surface area contributed by atoms with Crippen LogP contribution in [0.25, 0.3) is 0 Å². The van der Waals surface area contributed by atoms with Gasteiger partial charge in [0, 0.05) is 32.7 Å². The molecule has 3 rings (SSSR count). The topological polar surface area (TPSA) is 69.7 Å². The third-order valence-corrected chi connectivity index (χ3v) is 6.89. The van der Waals surface area contributed by atoms with Gasteiger partial charge in [0.25, 0.3) is 0 Å². The Morgan fingerprint density at radius 1 is 0.966 bits per heavy atom. The molecule has 1 aliphatic rings. The van der Waals surface area contributed by atoms with Crippen LogP contribution in [-0.4, -0.2) is 62.8 Å². The van der Waals surface area contributed by atoms with Crippen molar-refractivity contribution in [2.75, 3.05) is 39.3 Å². The summed E-state index contributed by atoms with van der Waals surface area (Å²) in [7, 11) is -3.86. The van der Waals surface area contributed by atoms with E-state index in [0.717, 1.165) is 18.9 Å². The molecule has 1 amide bonds. The highest BCUT2D eigenvalue weighted by Crippen LogP contribution is 2.20. The van der Waals surface area contributed by atoms with E-state index >= 15 is 0 Å². The number of amides is 1. The minimum absolute atomic E-state index is 0.0662. The lowest BCUT2D eigenvalue weighted by atomic mass is 10.1. The van der Waals surface area contributed by atoms with E-state index in [4.69, 9.17) is 0 Å². The smallest absolute Gasteiger partial charge is 0.246 e. The lowest BCUT2D eigenvalue weighted by molar-refractivity contribution is -0.122. The zero-order valence-corrected chi connectivity index (χ0v) is 17.1. The Balaban J connectivity index is 1.40. The second kappa shape index (κ2) is 9.96. The maximum atomic E-state index is 13.9. The molecule has 1 aliphatic heterocycles. The highest BCUT2D eigenvalue weighted by molar-refractivity contribution is 7.89. The second-order valence-corrected chi connectivity index (χ2v) is 8.96. The maximum absolute atomic E-state index is 13.9. The molecule has 0 saturated carbocycles. The molecular weight excluding hydrogens is 393 g/mol. The van der Waals surface area contributed by atoms with Crippen molar-refractivity contribution in [1.29, 1.82) is 0 Å². The fourth-order valence-electron chi connectivity index (χ4n) is 3.34. The van der Waals surface area contributed by atoms with Gasteiger partial charge < -0.3 is 5.32 Å². The van der Waals surface area contributed by atoms with Gasteiger partial charge in [0.05, 0.1) is 6.54 Å². The monoisotopic (exact) mass is 419 g/mol. The standard InChI is InChI=1S/C21H26FN3O3S/c22-19-10-4-5-11-20(19)29(27,28)25-15-13-24(14-16-25)17-21(26)23-12-6-9-18-7-2-1-3-8-18/h1-5,7-8,10-11H,6,9,12-17H2,(H,23,26). The number of hydrogen-bond donors (Lipinski definition) is 1. The maximum Gasteiger partial charge on any atom is 0.246 e. The summed E-state index contributed by atoms with van der Waals surface area (Å²) in [5, 5.41) is 2.91. The number of benzene rings is 2. The summed E-state index contributed by atoms with van der Waals surface area (Å²) in [6, 6.07) is 15.5. The van der Waals surface area contributed by atoms with Crippen molar-refractivity contribution in [3.63, 3.8) is 0 Å². The summed E-state index contributed by atoms with van der Waals surface area (Å²) in [4.78, 5) is 13.7. The molecule has 29 heavy (non-hydrogen) atoms. The quantitative estimate of drug-likeness (QED) is 0.664. The van der Waals surface area contributed by atoms with Crippen LogP contribution in [0.15, 0.2) is 59.5 Å². The van der Waals surface area contributed by atoms with Crippen molar-refractivity contribution in [1.82, 2.24) is 14.5 Å². The van der Waals surface area contributed by atoms with Gasteiger partial charge in [0.15, 0.2) is 0 Å². The van der Waals surface area contributed by atoms with E-state index in [1.54, 1.807) is 0 Å². The predicted octanol–water partition coefficient (Wildman–Crippen LogP) is 1.88. The van der Waals surface area contributed by atoms with Crippen molar-refractivity contribution >= 4 is 15.9 Å². The number of nitrogens with one attached hydrogen (secondary N) is 1. The van der Waals surface area contributed by atoms with Crippen LogP contribution in [0.3, 0.4) is 0 Å². The highest BCUT2D eigenvalue weighted by atomic mass is 32.2. The van der Waals surface area contributed by atoms with E-state index in [1.165, 1.54) is 28.1 Å². The molecule has 6 nitrogen and oxygen atoms in total. The van der Waals surface area contributed by atoms with Crippen LogP contribution in [0.1, 0.15) is 12.0 Å². The zero-order chi connectivity index (χ0) is 20.7. The van der Waals surface area contributed by atoms with Crippen LogP contribution in [-0.2, 0) is 21.2 Å². The third-order valence-electron chi connectivity index (χ3n) is 4.96. The molecule has 0 atom stereocenters. The normalized spacial score (nSPS) is 15.9. The first-order valence-corrected chi connectivity index (χ1v) is 11.2. The summed E-state index contributed by atoms with van der Waals surface area (Å²) in [5.74, 6) is -0.812. The molecule has 1 fully saturated rings. The summed E-state index contributed by atoms with van der Waals surface area (Å²) in [5.41, 5.74) is 1.24. The molecule has 0 spiro atoms. The molecule has 1 saturated heterocycles. The van der Waals surface area contributed by atoms with Crippen molar-refractivity contribution in [2.24, 2.45) is 0 Å². The molecule has 0 unspecified atom stereocenters. The van der Waals surface area contributed by atoms with E-state index in [-0.39, 0.29) is 30.4 Å². The van der Waals surface area contributed by atoms with Gasteiger partial charge in [-0.3, -0.25) is 9.69 Å². The van der Waals surface area contributed by atoms with Crippen molar-refractivity contribution in [2.45, 2.75) is 17.7 Å². The van der Waals surface area contributed by atoms with Crippen LogP contribution in [0, 0.1) is 5.82 Å². The van der Waals surface area contributed by atoms with Crippen LogP contribution in [0.5, 0.6) is 0 Å². The average Bonchev–Trinajstić information content (AvgIpc) is 2.72. The van der Waals surface area contributed by atoms with Crippen molar-refractivity contribution in [3.05, 3.63) is 66.0 Å². The zero-order valence-electron chi connectivity index (χ0n) is 16.3. The van der Waals surface area contributed by atoms with Gasteiger partial charge in [-0.05, 0) is 30.5 Å².